The first-order chi connectivity index (χ1) is 17.8. The monoisotopic (exact) mass is 564 g/mol. The number of benzene rings is 2. The molecule has 0 spiro atoms. The van der Waals surface area contributed by atoms with Crippen molar-refractivity contribution in [3.63, 3.8) is 0 Å². The molecule has 2 aromatic carbocycles. The van der Waals surface area contributed by atoms with Crippen LogP contribution in [0.3, 0.4) is 0 Å². The molecule has 11 heteroatoms. The van der Waals surface area contributed by atoms with Gasteiger partial charge in [0.25, 0.3) is 0 Å². The smallest absolute Gasteiger partial charge is 0.243 e. The van der Waals surface area contributed by atoms with Crippen LogP contribution in [0.4, 0.5) is 0 Å². The fourth-order valence-corrected chi connectivity index (χ4v) is 6.64. The third kappa shape index (κ3) is 6.45. The molecule has 2 heterocycles. The number of amides is 1. The lowest BCUT2D eigenvalue weighted by Gasteiger charge is -2.37. The molecular formula is C26H29ClN2O6S2. The average molecular weight is 565 g/mol. The SMILES string of the molecule is COCCN(CC(=O)N1CCc2sccc2C1COc1cccc(OC)c1)S(=O)(=O)c1ccc(Cl)cc1. The zero-order valence-electron chi connectivity index (χ0n) is 20.6. The number of fused-ring (bicyclic) bond motifs is 1. The van der Waals surface area contributed by atoms with Crippen molar-refractivity contribution in [3.05, 3.63) is 75.4 Å². The molecule has 0 saturated heterocycles. The quantitative estimate of drug-likeness (QED) is 0.346. The van der Waals surface area contributed by atoms with Crippen molar-refractivity contribution in [1.82, 2.24) is 9.21 Å². The van der Waals surface area contributed by atoms with Crippen LogP contribution in [-0.2, 0) is 26.0 Å². The Bertz CT molecular complexity index is 1310. The number of thiophene rings is 1. The molecule has 198 valence electrons. The molecule has 0 aliphatic carbocycles. The van der Waals surface area contributed by atoms with E-state index in [0.717, 1.165) is 9.87 Å². The van der Waals surface area contributed by atoms with Crippen LogP contribution in [0, 0.1) is 0 Å². The van der Waals surface area contributed by atoms with Crippen LogP contribution in [-0.4, -0.2) is 70.6 Å². The van der Waals surface area contributed by atoms with Crippen molar-refractivity contribution < 1.29 is 27.4 Å². The van der Waals surface area contributed by atoms with Gasteiger partial charge in [-0.2, -0.15) is 4.31 Å². The summed E-state index contributed by atoms with van der Waals surface area (Å²) in [6.07, 6.45) is 0.705. The first-order valence-electron chi connectivity index (χ1n) is 11.7. The topological polar surface area (TPSA) is 85.4 Å². The zero-order chi connectivity index (χ0) is 26.4. The molecule has 37 heavy (non-hydrogen) atoms. The van der Waals surface area contributed by atoms with E-state index in [0.29, 0.717) is 29.5 Å². The number of carbonyl (C=O) groups excluding carboxylic acids is 1. The molecule has 1 aromatic heterocycles. The van der Waals surface area contributed by atoms with Crippen LogP contribution in [0.1, 0.15) is 16.5 Å². The minimum Gasteiger partial charge on any atom is -0.497 e. The zero-order valence-corrected chi connectivity index (χ0v) is 23.0. The summed E-state index contributed by atoms with van der Waals surface area (Å²) in [4.78, 5) is 16.6. The first kappa shape index (κ1) is 27.4. The number of hydrogen-bond donors (Lipinski definition) is 0. The summed E-state index contributed by atoms with van der Waals surface area (Å²) < 4.78 is 44.4. The summed E-state index contributed by atoms with van der Waals surface area (Å²) in [5, 5.41) is 2.44. The molecule has 0 fully saturated rings. The Balaban J connectivity index is 1.56. The Kier molecular flexibility index (Phi) is 9.09. The molecule has 0 radical (unpaired) electrons. The Labute approximate surface area is 226 Å². The van der Waals surface area contributed by atoms with E-state index in [2.05, 4.69) is 0 Å². The van der Waals surface area contributed by atoms with Crippen molar-refractivity contribution in [2.24, 2.45) is 0 Å². The van der Waals surface area contributed by atoms with Gasteiger partial charge >= 0.3 is 0 Å². The van der Waals surface area contributed by atoms with Crippen LogP contribution in [0.2, 0.25) is 5.02 Å². The highest BCUT2D eigenvalue weighted by molar-refractivity contribution is 7.89. The van der Waals surface area contributed by atoms with Gasteiger partial charge in [0.15, 0.2) is 0 Å². The van der Waals surface area contributed by atoms with Gasteiger partial charge in [-0.3, -0.25) is 4.79 Å². The fraction of sp³-hybridized carbons (Fsp3) is 0.346. The predicted molar refractivity (Wildman–Crippen MR) is 143 cm³/mol. The standard InChI is InChI=1S/C26H29ClN2O6S2/c1-33-14-13-28(37(31,32)22-8-6-19(27)7-9-22)17-26(30)29-12-10-25-23(11-15-36-25)24(29)18-35-21-5-3-4-20(16-21)34-2/h3-9,11,15-16,24H,10,12-14,17-18H2,1-2H3. The van der Waals surface area contributed by atoms with Crippen LogP contribution < -0.4 is 9.47 Å². The second-order valence-electron chi connectivity index (χ2n) is 8.43. The van der Waals surface area contributed by atoms with E-state index in [-0.39, 0.29) is 43.1 Å². The van der Waals surface area contributed by atoms with Gasteiger partial charge in [-0.05, 0) is 59.8 Å². The fourth-order valence-electron chi connectivity index (χ4n) is 4.22. The maximum atomic E-state index is 13.6. The summed E-state index contributed by atoms with van der Waals surface area (Å²) in [6, 6.07) is 14.8. The second kappa shape index (κ2) is 12.3. The molecule has 8 nitrogen and oxygen atoms in total. The minimum atomic E-state index is -3.95. The molecule has 1 aliphatic heterocycles. The van der Waals surface area contributed by atoms with E-state index in [1.807, 2.05) is 29.6 Å². The minimum absolute atomic E-state index is 0.0374. The van der Waals surface area contributed by atoms with E-state index < -0.39 is 10.0 Å². The lowest BCUT2D eigenvalue weighted by Crippen LogP contribution is -2.48. The number of hydrogen-bond acceptors (Lipinski definition) is 7. The first-order valence-corrected chi connectivity index (χ1v) is 14.4. The van der Waals surface area contributed by atoms with Crippen LogP contribution in [0.25, 0.3) is 0 Å². The molecule has 0 saturated carbocycles. The van der Waals surface area contributed by atoms with Crippen molar-refractivity contribution in [2.45, 2.75) is 17.4 Å². The van der Waals surface area contributed by atoms with E-state index in [4.69, 9.17) is 25.8 Å². The largest absolute Gasteiger partial charge is 0.497 e. The van der Waals surface area contributed by atoms with Gasteiger partial charge in [0, 0.05) is 36.2 Å². The van der Waals surface area contributed by atoms with Crippen molar-refractivity contribution >= 4 is 38.9 Å². The lowest BCUT2D eigenvalue weighted by molar-refractivity contribution is -0.135. The number of ether oxygens (including phenoxy) is 3. The average Bonchev–Trinajstić information content (AvgIpc) is 3.39. The number of rotatable bonds is 11. The van der Waals surface area contributed by atoms with E-state index in [1.54, 1.807) is 29.4 Å². The predicted octanol–water partition coefficient (Wildman–Crippen LogP) is 4.25. The van der Waals surface area contributed by atoms with Gasteiger partial charge in [0.05, 0.1) is 31.2 Å². The van der Waals surface area contributed by atoms with E-state index >= 15 is 0 Å². The second-order valence-corrected chi connectivity index (χ2v) is 11.8. The van der Waals surface area contributed by atoms with Crippen LogP contribution in [0.5, 0.6) is 11.5 Å². The Morgan fingerprint density at radius 3 is 2.62 bits per heavy atom. The third-order valence-electron chi connectivity index (χ3n) is 6.17. The molecule has 1 amide bonds. The summed E-state index contributed by atoms with van der Waals surface area (Å²) in [5.41, 5.74) is 1.02. The number of halogens is 1. The highest BCUT2D eigenvalue weighted by Crippen LogP contribution is 2.34. The molecule has 3 aromatic rings. The normalized spacial score (nSPS) is 15.5. The van der Waals surface area contributed by atoms with Gasteiger partial charge in [-0.25, -0.2) is 8.42 Å². The van der Waals surface area contributed by atoms with Crippen LogP contribution >= 0.6 is 22.9 Å². The molecule has 1 aliphatic rings. The Hall–Kier alpha value is -2.63. The number of carbonyl (C=O) groups is 1. The highest BCUT2D eigenvalue weighted by Gasteiger charge is 2.35. The molecule has 1 atom stereocenters. The number of nitrogens with zero attached hydrogens (tertiary/aromatic N) is 2. The van der Waals surface area contributed by atoms with Gasteiger partial charge in [-0.15, -0.1) is 11.3 Å². The lowest BCUT2D eigenvalue weighted by atomic mass is 10.0. The van der Waals surface area contributed by atoms with Crippen molar-refractivity contribution in [2.75, 3.05) is 47.1 Å². The molecule has 0 bridgehead atoms. The maximum absolute atomic E-state index is 13.6. The van der Waals surface area contributed by atoms with Crippen molar-refractivity contribution in [1.29, 1.82) is 0 Å². The Morgan fingerprint density at radius 1 is 1.14 bits per heavy atom. The van der Waals surface area contributed by atoms with Gasteiger partial charge in [-0.1, -0.05) is 17.7 Å². The summed E-state index contributed by atoms with van der Waals surface area (Å²) in [6.45, 7) is 0.568. The summed E-state index contributed by atoms with van der Waals surface area (Å²) in [7, 11) is -0.871. The van der Waals surface area contributed by atoms with Gasteiger partial charge in [0.1, 0.15) is 18.1 Å². The molecule has 0 N–H and O–H groups in total. The molecule has 1 unspecified atom stereocenters. The third-order valence-corrected chi connectivity index (χ3v) is 9.28. The molecular weight excluding hydrogens is 536 g/mol. The van der Waals surface area contributed by atoms with Gasteiger partial charge in [0.2, 0.25) is 15.9 Å². The van der Waals surface area contributed by atoms with Crippen LogP contribution in [0.15, 0.2) is 64.9 Å². The maximum Gasteiger partial charge on any atom is 0.243 e. The van der Waals surface area contributed by atoms with Crippen molar-refractivity contribution in [3.8, 4) is 11.5 Å². The Morgan fingerprint density at radius 2 is 1.89 bits per heavy atom. The van der Waals surface area contributed by atoms with Gasteiger partial charge < -0.3 is 19.1 Å². The van der Waals surface area contributed by atoms with E-state index in [1.165, 1.54) is 36.3 Å². The number of sulfonamides is 1. The summed E-state index contributed by atoms with van der Waals surface area (Å²) in [5.74, 6) is 0.998. The van der Waals surface area contributed by atoms with E-state index in [9.17, 15) is 13.2 Å². The molecule has 4 rings (SSSR count). The summed E-state index contributed by atoms with van der Waals surface area (Å²) >= 11 is 7.59. The number of methoxy groups -OCH3 is 2. The highest BCUT2D eigenvalue weighted by atomic mass is 35.5.